The van der Waals surface area contributed by atoms with Crippen molar-refractivity contribution < 1.29 is 22.7 Å². The van der Waals surface area contributed by atoms with Crippen LogP contribution in [-0.2, 0) is 18.0 Å². The lowest BCUT2D eigenvalue weighted by Gasteiger charge is -2.47. The Morgan fingerprint density at radius 1 is 1.29 bits per heavy atom. The Morgan fingerprint density at radius 2 is 2.04 bits per heavy atom. The van der Waals surface area contributed by atoms with Gasteiger partial charge in [-0.25, -0.2) is 4.98 Å². The molecular formula is C19H21F3N4O2. The van der Waals surface area contributed by atoms with Gasteiger partial charge in [-0.15, -0.1) is 5.10 Å². The number of halogens is 3. The summed E-state index contributed by atoms with van der Waals surface area (Å²) < 4.78 is 46.7. The number of aromatic nitrogens is 3. The van der Waals surface area contributed by atoms with E-state index in [0.717, 1.165) is 37.8 Å². The van der Waals surface area contributed by atoms with Crippen LogP contribution < -0.4 is 0 Å². The maximum absolute atomic E-state index is 13.1. The lowest BCUT2D eigenvalue weighted by atomic mass is 9.91. The average Bonchev–Trinajstić information content (AvgIpc) is 3.31. The van der Waals surface area contributed by atoms with Gasteiger partial charge in [0.1, 0.15) is 12.4 Å². The first kappa shape index (κ1) is 18.9. The molecule has 28 heavy (non-hydrogen) atoms. The maximum atomic E-state index is 13.1. The highest BCUT2D eigenvalue weighted by Crippen LogP contribution is 2.42. The second kappa shape index (κ2) is 6.88. The molecule has 0 bridgehead atoms. The van der Waals surface area contributed by atoms with Gasteiger partial charge < -0.3 is 9.64 Å². The van der Waals surface area contributed by atoms with Crippen LogP contribution in [0.3, 0.4) is 0 Å². The van der Waals surface area contributed by atoms with Crippen LogP contribution in [0.2, 0.25) is 0 Å². The molecule has 0 radical (unpaired) electrons. The summed E-state index contributed by atoms with van der Waals surface area (Å²) in [5.74, 6) is -0.207. The Morgan fingerprint density at radius 3 is 2.68 bits per heavy atom. The Kier molecular flexibility index (Phi) is 4.65. The third-order valence-corrected chi connectivity index (χ3v) is 5.63. The Balaban J connectivity index is 1.64. The van der Waals surface area contributed by atoms with Crippen LogP contribution in [-0.4, -0.2) is 44.3 Å². The summed E-state index contributed by atoms with van der Waals surface area (Å²) in [5, 5.41) is 4.11. The highest BCUT2D eigenvalue weighted by molar-refractivity contribution is 5.91. The summed E-state index contributed by atoms with van der Waals surface area (Å²) in [4.78, 5) is 18.9. The van der Waals surface area contributed by atoms with E-state index in [4.69, 9.17) is 4.74 Å². The van der Waals surface area contributed by atoms with Gasteiger partial charge in [0, 0.05) is 7.05 Å². The number of hydrogen-bond acceptors (Lipinski definition) is 4. The van der Waals surface area contributed by atoms with Gasteiger partial charge >= 0.3 is 6.18 Å². The predicted octanol–water partition coefficient (Wildman–Crippen LogP) is 3.36. The standard InChI is InChI=1S/C19H21F3N4O2/c1-25-12-23-16(24-25)17(27)26-10-15(28-11-18(26)7-2-3-8-18)13-5-4-6-14(9-13)19(20,21)22/h4-6,9,12,15H,2-3,7-8,10-11H2,1H3/t15-/m1/s1. The topological polar surface area (TPSA) is 60.2 Å². The molecule has 6 nitrogen and oxygen atoms in total. The van der Waals surface area contributed by atoms with Gasteiger partial charge in [0.05, 0.1) is 24.3 Å². The highest BCUT2D eigenvalue weighted by atomic mass is 19.4. The Labute approximate surface area is 160 Å². The fourth-order valence-corrected chi connectivity index (χ4v) is 4.17. The molecule has 1 saturated heterocycles. The van der Waals surface area contributed by atoms with Crippen molar-refractivity contribution in [3.63, 3.8) is 0 Å². The zero-order valence-corrected chi connectivity index (χ0v) is 15.4. The number of ether oxygens (including phenoxy) is 1. The summed E-state index contributed by atoms with van der Waals surface area (Å²) in [7, 11) is 1.68. The Hall–Kier alpha value is -2.42. The quantitative estimate of drug-likeness (QED) is 0.784. The lowest BCUT2D eigenvalue weighted by molar-refractivity contribution is -0.138. The van der Waals surface area contributed by atoms with E-state index < -0.39 is 23.4 Å². The fraction of sp³-hybridized carbons (Fsp3) is 0.526. The molecule has 1 aliphatic carbocycles. The molecule has 2 fully saturated rings. The van der Waals surface area contributed by atoms with Crippen LogP contribution in [0.5, 0.6) is 0 Å². The Bertz CT molecular complexity index is 874. The second-order valence-corrected chi connectivity index (χ2v) is 7.51. The summed E-state index contributed by atoms with van der Waals surface area (Å²) >= 11 is 0. The number of amides is 1. The number of benzene rings is 1. The molecule has 1 atom stereocenters. The molecule has 1 spiro atoms. The number of alkyl halides is 3. The van der Waals surface area contributed by atoms with Gasteiger partial charge in [-0.2, -0.15) is 13.2 Å². The largest absolute Gasteiger partial charge is 0.416 e. The van der Waals surface area contributed by atoms with E-state index in [-0.39, 0.29) is 18.3 Å². The molecular weight excluding hydrogens is 373 g/mol. The number of carbonyl (C=O) groups excluding carboxylic acids is 1. The molecule has 1 saturated carbocycles. The molecule has 2 heterocycles. The van der Waals surface area contributed by atoms with E-state index in [1.165, 1.54) is 17.1 Å². The number of morpholine rings is 1. The lowest BCUT2D eigenvalue weighted by Crippen LogP contribution is -2.58. The minimum Gasteiger partial charge on any atom is -0.369 e. The zero-order chi connectivity index (χ0) is 19.9. The van der Waals surface area contributed by atoms with Crippen LogP contribution in [0.1, 0.15) is 53.5 Å². The average molecular weight is 394 g/mol. The first-order valence-electron chi connectivity index (χ1n) is 9.25. The van der Waals surface area contributed by atoms with Crippen LogP contribution in [0.4, 0.5) is 13.2 Å². The van der Waals surface area contributed by atoms with Crippen molar-refractivity contribution >= 4 is 5.91 Å². The zero-order valence-electron chi connectivity index (χ0n) is 15.4. The molecule has 1 aromatic carbocycles. The molecule has 2 aliphatic rings. The summed E-state index contributed by atoms with van der Waals surface area (Å²) in [6.45, 7) is 0.477. The fourth-order valence-electron chi connectivity index (χ4n) is 4.17. The van der Waals surface area contributed by atoms with Gasteiger partial charge in [-0.3, -0.25) is 9.48 Å². The number of carbonyl (C=O) groups is 1. The van der Waals surface area contributed by atoms with Crippen molar-refractivity contribution in [1.82, 2.24) is 19.7 Å². The number of rotatable bonds is 2. The van der Waals surface area contributed by atoms with Crippen LogP contribution in [0.25, 0.3) is 0 Å². The first-order valence-corrected chi connectivity index (χ1v) is 9.25. The molecule has 4 rings (SSSR count). The molecule has 0 N–H and O–H groups in total. The van der Waals surface area contributed by atoms with Gasteiger partial charge in [0.2, 0.25) is 5.82 Å². The third kappa shape index (κ3) is 3.39. The van der Waals surface area contributed by atoms with Crippen molar-refractivity contribution in [1.29, 1.82) is 0 Å². The SMILES string of the molecule is Cn1cnc(C(=O)N2C[C@H](c3cccc(C(F)(F)F)c3)OCC23CCCC3)n1. The summed E-state index contributed by atoms with van der Waals surface area (Å²) in [6, 6.07) is 5.10. The van der Waals surface area contributed by atoms with Gasteiger partial charge in [-0.05, 0) is 30.5 Å². The number of nitrogens with zero attached hydrogens (tertiary/aromatic N) is 4. The van der Waals surface area contributed by atoms with Crippen molar-refractivity contribution in [3.05, 3.63) is 47.5 Å². The normalized spacial score (nSPS) is 22.0. The van der Waals surface area contributed by atoms with Crippen LogP contribution in [0, 0.1) is 0 Å². The van der Waals surface area contributed by atoms with E-state index in [1.807, 2.05) is 0 Å². The molecule has 1 amide bonds. The molecule has 0 unspecified atom stereocenters. The van der Waals surface area contributed by atoms with E-state index in [0.29, 0.717) is 12.2 Å². The third-order valence-electron chi connectivity index (χ3n) is 5.63. The number of aryl methyl sites for hydroxylation is 1. The van der Waals surface area contributed by atoms with E-state index >= 15 is 0 Å². The van der Waals surface area contributed by atoms with Crippen molar-refractivity contribution in [2.75, 3.05) is 13.2 Å². The molecule has 1 aromatic heterocycles. The van der Waals surface area contributed by atoms with E-state index in [2.05, 4.69) is 10.1 Å². The maximum Gasteiger partial charge on any atom is 0.416 e. The monoisotopic (exact) mass is 394 g/mol. The molecule has 2 aromatic rings. The first-order chi connectivity index (χ1) is 13.3. The van der Waals surface area contributed by atoms with Gasteiger partial charge in [0.25, 0.3) is 5.91 Å². The van der Waals surface area contributed by atoms with Crippen LogP contribution >= 0.6 is 0 Å². The van der Waals surface area contributed by atoms with Crippen molar-refractivity contribution in [2.24, 2.45) is 7.05 Å². The molecule has 9 heteroatoms. The highest BCUT2D eigenvalue weighted by Gasteiger charge is 2.48. The van der Waals surface area contributed by atoms with Gasteiger partial charge in [0.15, 0.2) is 0 Å². The van der Waals surface area contributed by atoms with Crippen molar-refractivity contribution in [2.45, 2.75) is 43.5 Å². The van der Waals surface area contributed by atoms with E-state index in [9.17, 15) is 18.0 Å². The predicted molar refractivity (Wildman–Crippen MR) is 93.4 cm³/mol. The summed E-state index contributed by atoms with van der Waals surface area (Å²) in [5.41, 5.74) is -0.748. The smallest absolute Gasteiger partial charge is 0.369 e. The second-order valence-electron chi connectivity index (χ2n) is 7.51. The molecule has 150 valence electrons. The number of hydrogen-bond donors (Lipinski definition) is 0. The molecule has 1 aliphatic heterocycles. The van der Waals surface area contributed by atoms with Crippen LogP contribution in [0.15, 0.2) is 30.6 Å². The minimum absolute atomic E-state index is 0.0958. The van der Waals surface area contributed by atoms with Gasteiger partial charge in [-0.1, -0.05) is 25.0 Å². The van der Waals surface area contributed by atoms with Crippen molar-refractivity contribution in [3.8, 4) is 0 Å². The minimum atomic E-state index is -4.43. The van der Waals surface area contributed by atoms with E-state index in [1.54, 1.807) is 18.0 Å². The summed E-state index contributed by atoms with van der Waals surface area (Å²) in [6.07, 6.45) is -0.0130.